The lowest BCUT2D eigenvalue weighted by Crippen LogP contribution is -2.45. The van der Waals surface area contributed by atoms with E-state index in [0.29, 0.717) is 13.2 Å². The molecule has 1 aliphatic heterocycles. The molecule has 0 aromatic carbocycles. The van der Waals surface area contributed by atoms with Crippen molar-refractivity contribution in [1.82, 2.24) is 14.9 Å². The predicted molar refractivity (Wildman–Crippen MR) is 73.4 cm³/mol. The Hall–Kier alpha value is -2.00. The van der Waals surface area contributed by atoms with E-state index in [2.05, 4.69) is 27.1 Å². The number of anilines is 2. The molecular weight excluding hydrogens is 264 g/mol. The quantitative estimate of drug-likeness (QED) is 0.576. The minimum absolute atomic E-state index is 0.00199. The van der Waals surface area contributed by atoms with E-state index in [-0.39, 0.29) is 23.6 Å². The Balaban J connectivity index is 1.99. The van der Waals surface area contributed by atoms with Gasteiger partial charge in [-0.2, -0.15) is 4.98 Å². The maximum Gasteiger partial charge on any atom is 0.329 e. The van der Waals surface area contributed by atoms with Gasteiger partial charge in [0.25, 0.3) is 0 Å². The molecule has 2 rings (SSSR count). The normalized spacial score (nSPS) is 19.8. The van der Waals surface area contributed by atoms with E-state index in [1.165, 1.54) is 0 Å². The molecule has 1 aromatic rings. The lowest BCUT2D eigenvalue weighted by molar-refractivity contribution is -0.384. The molecule has 20 heavy (non-hydrogen) atoms. The van der Waals surface area contributed by atoms with Gasteiger partial charge in [0.1, 0.15) is 6.20 Å². The van der Waals surface area contributed by atoms with E-state index in [1.807, 2.05) is 0 Å². The predicted octanol–water partition coefficient (Wildman–Crippen LogP) is 0.0996. The lowest BCUT2D eigenvalue weighted by Gasteiger charge is -2.32. The molecule has 1 saturated heterocycles. The van der Waals surface area contributed by atoms with Crippen LogP contribution < -0.4 is 11.1 Å². The number of nitrogens with two attached hydrogens (primary N) is 1. The lowest BCUT2D eigenvalue weighted by atomic mass is 10.2. The number of nitrogens with zero attached hydrogens (tertiary/aromatic N) is 4. The smallest absolute Gasteiger partial charge is 0.329 e. The van der Waals surface area contributed by atoms with Crippen molar-refractivity contribution in [3.8, 4) is 0 Å². The van der Waals surface area contributed by atoms with Crippen LogP contribution in [0.3, 0.4) is 0 Å². The largest absolute Gasteiger partial charge is 0.374 e. The summed E-state index contributed by atoms with van der Waals surface area (Å²) in [5.41, 5.74) is 5.26. The highest BCUT2D eigenvalue weighted by atomic mass is 16.6. The van der Waals surface area contributed by atoms with Crippen LogP contribution in [0, 0.1) is 10.1 Å². The van der Waals surface area contributed by atoms with Crippen LogP contribution in [-0.4, -0.2) is 58.7 Å². The average Bonchev–Trinajstić information content (AvgIpc) is 2.45. The second-order valence-corrected chi connectivity index (χ2v) is 4.49. The zero-order chi connectivity index (χ0) is 14.5. The minimum Gasteiger partial charge on any atom is -0.374 e. The van der Waals surface area contributed by atoms with Gasteiger partial charge >= 0.3 is 5.69 Å². The summed E-state index contributed by atoms with van der Waals surface area (Å²) in [6, 6.07) is 0. The molecule has 1 fully saturated rings. The van der Waals surface area contributed by atoms with Crippen LogP contribution in [0.5, 0.6) is 0 Å². The Kier molecular flexibility index (Phi) is 4.64. The monoisotopic (exact) mass is 282 g/mol. The molecule has 0 saturated carbocycles. The van der Waals surface area contributed by atoms with Crippen molar-refractivity contribution in [3.63, 3.8) is 0 Å². The highest BCUT2D eigenvalue weighted by Gasteiger charge is 2.22. The van der Waals surface area contributed by atoms with Crippen LogP contribution in [0.1, 0.15) is 6.92 Å². The van der Waals surface area contributed by atoms with Gasteiger partial charge in [-0.25, -0.2) is 4.98 Å². The number of nitrogens with one attached hydrogen (secondary N) is 1. The third-order valence-corrected chi connectivity index (χ3v) is 3.15. The Bertz CT molecular complexity index is 483. The Morgan fingerprint density at radius 2 is 2.50 bits per heavy atom. The van der Waals surface area contributed by atoms with E-state index < -0.39 is 4.92 Å². The standard InChI is InChI=1S/C11H18N6O3/c1-2-16-3-4-20-8(7-16)5-13-10-9(17(18)19)6-14-11(12)15-10/h6,8H,2-5,7H2,1H3,(H3,12,13,14,15). The van der Waals surface area contributed by atoms with E-state index in [4.69, 9.17) is 10.5 Å². The van der Waals surface area contributed by atoms with Crippen LogP contribution in [0.25, 0.3) is 0 Å². The van der Waals surface area contributed by atoms with Gasteiger partial charge in [0.2, 0.25) is 11.8 Å². The highest BCUT2D eigenvalue weighted by Crippen LogP contribution is 2.21. The molecule has 2 heterocycles. The summed E-state index contributed by atoms with van der Waals surface area (Å²) < 4.78 is 5.61. The van der Waals surface area contributed by atoms with Crippen molar-refractivity contribution in [2.75, 3.05) is 43.8 Å². The first-order valence-corrected chi connectivity index (χ1v) is 6.45. The molecular formula is C11H18N6O3. The molecule has 3 N–H and O–H groups in total. The summed E-state index contributed by atoms with van der Waals surface area (Å²) >= 11 is 0. The maximum atomic E-state index is 10.9. The third kappa shape index (κ3) is 3.52. The SMILES string of the molecule is CCN1CCOC(CNc2nc(N)ncc2[N+](=O)[O-])C1. The van der Waals surface area contributed by atoms with E-state index in [9.17, 15) is 10.1 Å². The van der Waals surface area contributed by atoms with Gasteiger partial charge in [0.05, 0.1) is 17.6 Å². The van der Waals surface area contributed by atoms with Crippen molar-refractivity contribution < 1.29 is 9.66 Å². The maximum absolute atomic E-state index is 10.9. The van der Waals surface area contributed by atoms with Crippen LogP contribution in [0.2, 0.25) is 0 Å². The molecule has 9 heteroatoms. The third-order valence-electron chi connectivity index (χ3n) is 3.15. The van der Waals surface area contributed by atoms with E-state index >= 15 is 0 Å². The second kappa shape index (κ2) is 6.44. The Morgan fingerprint density at radius 1 is 1.70 bits per heavy atom. The fourth-order valence-corrected chi connectivity index (χ4v) is 2.05. The van der Waals surface area contributed by atoms with Crippen LogP contribution in [0.15, 0.2) is 6.20 Å². The van der Waals surface area contributed by atoms with E-state index in [1.54, 1.807) is 0 Å². The molecule has 0 aliphatic carbocycles. The summed E-state index contributed by atoms with van der Waals surface area (Å²) in [7, 11) is 0. The van der Waals surface area contributed by atoms with Crippen LogP contribution >= 0.6 is 0 Å². The number of hydrogen-bond acceptors (Lipinski definition) is 8. The summed E-state index contributed by atoms with van der Waals surface area (Å²) in [5.74, 6) is 0.123. The van der Waals surface area contributed by atoms with Crippen molar-refractivity contribution in [2.45, 2.75) is 13.0 Å². The zero-order valence-corrected chi connectivity index (χ0v) is 11.3. The number of ether oxygens (including phenoxy) is 1. The number of hydrogen-bond donors (Lipinski definition) is 2. The summed E-state index contributed by atoms with van der Waals surface area (Å²) in [5, 5.41) is 13.8. The summed E-state index contributed by atoms with van der Waals surface area (Å²) in [6.07, 6.45) is 1.07. The number of morpholine rings is 1. The van der Waals surface area contributed by atoms with Crippen molar-refractivity contribution in [3.05, 3.63) is 16.3 Å². The zero-order valence-electron chi connectivity index (χ0n) is 11.3. The minimum atomic E-state index is -0.540. The molecule has 1 atom stereocenters. The first kappa shape index (κ1) is 14.4. The highest BCUT2D eigenvalue weighted by molar-refractivity contribution is 5.56. The molecule has 9 nitrogen and oxygen atoms in total. The first-order chi connectivity index (χ1) is 9.60. The number of nitro groups is 1. The average molecular weight is 282 g/mol. The Labute approximate surface area is 116 Å². The molecule has 1 unspecified atom stereocenters. The molecule has 1 aromatic heterocycles. The fourth-order valence-electron chi connectivity index (χ4n) is 2.05. The van der Waals surface area contributed by atoms with E-state index in [0.717, 1.165) is 25.8 Å². The molecule has 110 valence electrons. The van der Waals surface area contributed by atoms with Gasteiger partial charge in [-0.1, -0.05) is 6.92 Å². The first-order valence-electron chi connectivity index (χ1n) is 6.45. The van der Waals surface area contributed by atoms with Gasteiger partial charge in [0.15, 0.2) is 0 Å². The van der Waals surface area contributed by atoms with Gasteiger partial charge in [-0.3, -0.25) is 15.0 Å². The van der Waals surface area contributed by atoms with Crippen LogP contribution in [-0.2, 0) is 4.74 Å². The van der Waals surface area contributed by atoms with Crippen molar-refractivity contribution in [1.29, 1.82) is 0 Å². The molecule has 0 spiro atoms. The molecule has 1 aliphatic rings. The van der Waals surface area contributed by atoms with Crippen LogP contribution in [0.4, 0.5) is 17.5 Å². The van der Waals surface area contributed by atoms with Crippen molar-refractivity contribution in [2.24, 2.45) is 0 Å². The number of nitrogen functional groups attached to an aromatic ring is 1. The molecule has 0 bridgehead atoms. The summed E-state index contributed by atoms with van der Waals surface area (Å²) in [6.45, 7) is 5.85. The topological polar surface area (TPSA) is 119 Å². The van der Waals surface area contributed by atoms with Gasteiger partial charge in [-0.15, -0.1) is 0 Å². The van der Waals surface area contributed by atoms with Gasteiger partial charge < -0.3 is 15.8 Å². The Morgan fingerprint density at radius 3 is 3.20 bits per heavy atom. The molecule has 0 amide bonds. The van der Waals surface area contributed by atoms with Crippen molar-refractivity contribution >= 4 is 17.5 Å². The number of likely N-dealkylation sites (N-methyl/N-ethyl adjacent to an activating group) is 1. The van der Waals surface area contributed by atoms with Gasteiger partial charge in [-0.05, 0) is 6.54 Å². The summed E-state index contributed by atoms with van der Waals surface area (Å²) in [4.78, 5) is 20.1. The molecule has 0 radical (unpaired) electrons. The fraction of sp³-hybridized carbons (Fsp3) is 0.636. The van der Waals surface area contributed by atoms with Gasteiger partial charge in [0, 0.05) is 19.6 Å². The number of aromatic nitrogens is 2. The number of rotatable bonds is 5. The second-order valence-electron chi connectivity index (χ2n) is 4.49.